The van der Waals surface area contributed by atoms with Crippen LogP contribution in [0.1, 0.15) is 65.5 Å². The molecule has 1 amide bonds. The van der Waals surface area contributed by atoms with Crippen LogP contribution in [0.5, 0.6) is 0 Å². The number of nitrogens with zero attached hydrogens (tertiary/aromatic N) is 1. The molecule has 0 bridgehead atoms. The van der Waals surface area contributed by atoms with Crippen LogP contribution in [-0.2, 0) is 4.74 Å². The Morgan fingerprint density at radius 2 is 1.94 bits per heavy atom. The van der Waals surface area contributed by atoms with Gasteiger partial charge in [-0.15, -0.1) is 0 Å². The van der Waals surface area contributed by atoms with E-state index in [0.29, 0.717) is 22.2 Å². The van der Waals surface area contributed by atoms with Crippen LogP contribution in [0.4, 0.5) is 5.69 Å². The number of nitrogens with one attached hydrogen (secondary N) is 2. The number of pyridine rings is 1. The zero-order chi connectivity index (χ0) is 22.7. The number of amides is 1. The van der Waals surface area contributed by atoms with Crippen LogP contribution in [0, 0.1) is 20.8 Å². The van der Waals surface area contributed by atoms with E-state index in [-0.39, 0.29) is 11.5 Å². The van der Waals surface area contributed by atoms with E-state index in [2.05, 4.69) is 22.1 Å². The van der Waals surface area contributed by atoms with Crippen molar-refractivity contribution in [1.29, 1.82) is 0 Å². The Morgan fingerprint density at radius 3 is 2.55 bits per heavy atom. The summed E-state index contributed by atoms with van der Waals surface area (Å²) in [5, 5.41) is 3.51. The molecule has 0 aliphatic carbocycles. The molecular weight excluding hydrogens is 414 g/mol. The normalized spacial score (nSPS) is 15.5. The highest BCUT2D eigenvalue weighted by Gasteiger charge is 2.25. The second-order valence-corrected chi connectivity index (χ2v) is 8.74. The van der Waals surface area contributed by atoms with Gasteiger partial charge < -0.3 is 19.9 Å². The van der Waals surface area contributed by atoms with Crippen molar-refractivity contribution < 1.29 is 9.53 Å². The molecule has 0 saturated carbocycles. The molecule has 1 unspecified atom stereocenters. The van der Waals surface area contributed by atoms with Crippen molar-refractivity contribution in [2.45, 2.75) is 59.5 Å². The summed E-state index contributed by atoms with van der Waals surface area (Å²) >= 11 is 6.44. The van der Waals surface area contributed by atoms with E-state index in [0.717, 1.165) is 55.1 Å². The summed E-state index contributed by atoms with van der Waals surface area (Å²) in [5.41, 5.74) is 4.44. The Hall–Kier alpha value is -2.31. The third-order valence-electron chi connectivity index (χ3n) is 6.07. The number of anilines is 1. The van der Waals surface area contributed by atoms with Crippen LogP contribution in [-0.4, -0.2) is 36.7 Å². The maximum atomic E-state index is 13.2. The summed E-state index contributed by atoms with van der Waals surface area (Å²) in [5.74, 6) is -0.240. The monoisotopic (exact) mass is 445 g/mol. The second kappa shape index (κ2) is 9.88. The zero-order valence-electron chi connectivity index (χ0n) is 19.0. The number of ether oxygens (including phenoxy) is 1. The molecule has 1 aromatic carbocycles. The first-order valence-electron chi connectivity index (χ1n) is 10.9. The number of aromatic nitrogens is 1. The molecule has 2 N–H and O–H groups in total. The Labute approximate surface area is 188 Å². The van der Waals surface area contributed by atoms with Gasteiger partial charge in [0.05, 0.1) is 6.04 Å². The fourth-order valence-corrected chi connectivity index (χ4v) is 4.78. The number of aromatic amines is 1. The van der Waals surface area contributed by atoms with Crippen LogP contribution < -0.4 is 15.8 Å². The largest absolute Gasteiger partial charge is 0.381 e. The zero-order valence-corrected chi connectivity index (χ0v) is 19.7. The average molecular weight is 446 g/mol. The van der Waals surface area contributed by atoms with Gasteiger partial charge in [-0.3, -0.25) is 9.59 Å². The number of aryl methyl sites for hydroxylation is 2. The maximum Gasteiger partial charge on any atom is 0.253 e. The average Bonchev–Trinajstić information content (AvgIpc) is 2.70. The predicted octanol–water partition coefficient (Wildman–Crippen LogP) is 4.45. The number of hydrogen-bond donors (Lipinski definition) is 2. The number of rotatable bonds is 6. The molecule has 1 aliphatic heterocycles. The molecule has 1 aromatic heterocycles. The first-order chi connectivity index (χ1) is 14.7. The summed E-state index contributed by atoms with van der Waals surface area (Å²) in [6.07, 6.45) is 1.90. The van der Waals surface area contributed by atoms with Crippen molar-refractivity contribution in [2.75, 3.05) is 24.7 Å². The van der Waals surface area contributed by atoms with Crippen LogP contribution in [0.15, 0.2) is 23.0 Å². The van der Waals surface area contributed by atoms with Crippen LogP contribution in [0.25, 0.3) is 0 Å². The lowest BCUT2D eigenvalue weighted by molar-refractivity contribution is 0.0845. The van der Waals surface area contributed by atoms with Crippen LogP contribution in [0.2, 0.25) is 5.02 Å². The molecule has 0 radical (unpaired) electrons. The summed E-state index contributed by atoms with van der Waals surface area (Å²) in [7, 11) is 0. The number of carbonyl (C=O) groups is 1. The molecule has 168 valence electrons. The van der Waals surface area contributed by atoms with Crippen LogP contribution >= 0.6 is 11.6 Å². The Morgan fingerprint density at radius 1 is 1.26 bits per heavy atom. The van der Waals surface area contributed by atoms with Crippen molar-refractivity contribution >= 4 is 23.2 Å². The first-order valence-corrected chi connectivity index (χ1v) is 11.3. The van der Waals surface area contributed by atoms with Crippen molar-refractivity contribution in [3.05, 3.63) is 61.5 Å². The van der Waals surface area contributed by atoms with Gasteiger partial charge in [0.1, 0.15) is 0 Å². The first kappa shape index (κ1) is 23.4. The van der Waals surface area contributed by atoms with Gasteiger partial charge in [0, 0.05) is 53.3 Å². The molecular formula is C24H32ClN3O3. The summed E-state index contributed by atoms with van der Waals surface area (Å²) in [4.78, 5) is 30.8. The highest BCUT2D eigenvalue weighted by atomic mass is 35.5. The molecule has 2 heterocycles. The highest BCUT2D eigenvalue weighted by molar-refractivity contribution is 6.31. The van der Waals surface area contributed by atoms with E-state index < -0.39 is 6.04 Å². The van der Waals surface area contributed by atoms with Crippen molar-refractivity contribution in [1.82, 2.24) is 10.3 Å². The number of H-pyrrole nitrogens is 1. The van der Waals surface area contributed by atoms with Crippen LogP contribution in [0.3, 0.4) is 0 Å². The lowest BCUT2D eigenvalue weighted by Crippen LogP contribution is -2.40. The lowest BCUT2D eigenvalue weighted by atomic mass is 10.00. The summed E-state index contributed by atoms with van der Waals surface area (Å²) in [6, 6.07) is 5.47. The molecule has 1 atom stereocenters. The molecule has 31 heavy (non-hydrogen) atoms. The van der Waals surface area contributed by atoms with Gasteiger partial charge in [-0.1, -0.05) is 11.6 Å². The fraction of sp³-hybridized carbons (Fsp3) is 0.500. The minimum Gasteiger partial charge on any atom is -0.381 e. The minimum absolute atomic E-state index is 0.175. The highest BCUT2D eigenvalue weighted by Crippen LogP contribution is 2.32. The van der Waals surface area contributed by atoms with Crippen molar-refractivity contribution in [2.24, 2.45) is 0 Å². The van der Waals surface area contributed by atoms with E-state index in [1.54, 1.807) is 6.07 Å². The standard InChI is InChI=1S/C24H32ClN3O3/c1-6-28(19-7-9-31-10-8-19)21-13-18(25)12-20(16(21)4)23(29)27-17(5)22-14(2)11-15(3)26-24(22)30/h11-13,17,19H,6-10H2,1-5H3,(H,26,30)(H,27,29). The van der Waals surface area contributed by atoms with E-state index >= 15 is 0 Å². The summed E-state index contributed by atoms with van der Waals surface area (Å²) in [6.45, 7) is 11.9. The van der Waals surface area contributed by atoms with E-state index in [4.69, 9.17) is 16.3 Å². The lowest BCUT2D eigenvalue weighted by Gasteiger charge is -2.36. The Balaban J connectivity index is 1.90. The van der Waals surface area contributed by atoms with Crippen molar-refractivity contribution in [3.8, 4) is 0 Å². The molecule has 7 heteroatoms. The number of carbonyl (C=O) groups excluding carboxylic acids is 1. The Kier molecular flexibility index (Phi) is 7.44. The number of hydrogen-bond acceptors (Lipinski definition) is 4. The van der Waals surface area contributed by atoms with Gasteiger partial charge in [-0.05, 0) is 76.8 Å². The number of benzene rings is 1. The van der Waals surface area contributed by atoms with Gasteiger partial charge in [-0.2, -0.15) is 0 Å². The SMILES string of the molecule is CCN(c1cc(Cl)cc(C(=O)NC(C)c2c(C)cc(C)[nH]c2=O)c1C)C1CCOCC1. The predicted molar refractivity (Wildman–Crippen MR) is 125 cm³/mol. The number of halogens is 1. The van der Waals surface area contributed by atoms with Gasteiger partial charge >= 0.3 is 0 Å². The van der Waals surface area contributed by atoms with E-state index in [9.17, 15) is 9.59 Å². The third kappa shape index (κ3) is 5.13. The third-order valence-corrected chi connectivity index (χ3v) is 6.28. The molecule has 1 aliphatic rings. The van der Waals surface area contributed by atoms with Gasteiger partial charge in [0.15, 0.2) is 0 Å². The maximum absolute atomic E-state index is 13.2. The minimum atomic E-state index is -0.434. The Bertz CT molecular complexity index is 1010. The second-order valence-electron chi connectivity index (χ2n) is 8.30. The molecule has 0 spiro atoms. The molecule has 1 fully saturated rings. The summed E-state index contributed by atoms with van der Waals surface area (Å²) < 4.78 is 5.51. The quantitative estimate of drug-likeness (QED) is 0.688. The molecule has 1 saturated heterocycles. The van der Waals surface area contributed by atoms with E-state index in [1.807, 2.05) is 39.8 Å². The molecule has 6 nitrogen and oxygen atoms in total. The molecule has 2 aromatic rings. The van der Waals surface area contributed by atoms with Crippen molar-refractivity contribution in [3.63, 3.8) is 0 Å². The van der Waals surface area contributed by atoms with Gasteiger partial charge in [0.2, 0.25) is 0 Å². The van der Waals surface area contributed by atoms with Gasteiger partial charge in [-0.25, -0.2) is 0 Å². The van der Waals surface area contributed by atoms with E-state index in [1.165, 1.54) is 0 Å². The topological polar surface area (TPSA) is 74.4 Å². The van der Waals surface area contributed by atoms with Gasteiger partial charge in [0.25, 0.3) is 11.5 Å². The molecule has 3 rings (SSSR count). The smallest absolute Gasteiger partial charge is 0.253 e. The fourth-order valence-electron chi connectivity index (χ4n) is 4.57.